The molecule has 14 heavy (non-hydrogen) atoms. The highest BCUT2D eigenvalue weighted by molar-refractivity contribution is 5.82. The normalized spacial score (nSPS) is 48.8. The molecule has 2 aliphatic carbocycles. The van der Waals surface area contributed by atoms with Crippen LogP contribution in [-0.4, -0.2) is 17.0 Å². The highest BCUT2D eigenvalue weighted by atomic mass is 16.3. The molecule has 1 N–H and O–H groups in total. The van der Waals surface area contributed by atoms with E-state index in [-0.39, 0.29) is 17.4 Å². The van der Waals surface area contributed by atoms with Gasteiger partial charge >= 0.3 is 0 Å². The van der Waals surface area contributed by atoms with Crippen LogP contribution in [0.15, 0.2) is 0 Å². The van der Waals surface area contributed by atoms with E-state index in [4.69, 9.17) is 0 Å². The lowest BCUT2D eigenvalue weighted by atomic mass is 9.55. The average Bonchev–Trinajstić information content (AvgIpc) is 2.16. The van der Waals surface area contributed by atoms with Crippen LogP contribution in [0.25, 0.3) is 0 Å². The van der Waals surface area contributed by atoms with Crippen LogP contribution in [0.4, 0.5) is 0 Å². The molecule has 0 aromatic heterocycles. The van der Waals surface area contributed by atoms with E-state index in [9.17, 15) is 9.90 Å². The zero-order valence-corrected chi connectivity index (χ0v) is 9.12. The van der Waals surface area contributed by atoms with Gasteiger partial charge in [0.2, 0.25) is 0 Å². The first-order chi connectivity index (χ1) is 6.55. The molecular weight excluding hydrogens is 176 g/mol. The first kappa shape index (κ1) is 10.2. The molecule has 2 saturated carbocycles. The Labute approximate surface area is 85.7 Å². The van der Waals surface area contributed by atoms with Crippen LogP contribution in [0.3, 0.4) is 0 Å². The third kappa shape index (κ3) is 1.31. The molecule has 0 aromatic rings. The van der Waals surface area contributed by atoms with Gasteiger partial charge in [0.05, 0.1) is 6.10 Å². The van der Waals surface area contributed by atoms with Crippen molar-refractivity contribution in [2.45, 2.75) is 52.1 Å². The minimum atomic E-state index is -0.184. The van der Waals surface area contributed by atoms with Crippen LogP contribution in [0.1, 0.15) is 46.0 Å². The van der Waals surface area contributed by atoms with Crippen molar-refractivity contribution in [3.8, 4) is 0 Å². The molecule has 0 spiro atoms. The average molecular weight is 196 g/mol. The smallest absolute Gasteiger partial charge is 0.136 e. The van der Waals surface area contributed by atoms with E-state index in [2.05, 4.69) is 6.92 Å². The van der Waals surface area contributed by atoms with Crippen molar-refractivity contribution in [2.24, 2.45) is 17.3 Å². The fourth-order valence-electron chi connectivity index (χ4n) is 3.46. The number of Topliss-reactive ketones (excluding diaryl/α,β-unsaturated/α-hetero) is 1. The van der Waals surface area contributed by atoms with E-state index in [1.165, 1.54) is 0 Å². The van der Waals surface area contributed by atoms with E-state index in [0.717, 1.165) is 25.7 Å². The van der Waals surface area contributed by atoms with Crippen molar-refractivity contribution in [1.82, 2.24) is 0 Å². The molecule has 4 atom stereocenters. The van der Waals surface area contributed by atoms with Crippen LogP contribution in [0, 0.1) is 17.3 Å². The summed E-state index contributed by atoms with van der Waals surface area (Å²) in [5.41, 5.74) is 0.0194. The van der Waals surface area contributed by atoms with Gasteiger partial charge in [-0.2, -0.15) is 0 Å². The molecule has 80 valence electrons. The summed E-state index contributed by atoms with van der Waals surface area (Å²) >= 11 is 0. The van der Waals surface area contributed by atoms with E-state index >= 15 is 0 Å². The van der Waals surface area contributed by atoms with Crippen molar-refractivity contribution >= 4 is 5.78 Å². The predicted octanol–water partition coefficient (Wildman–Crippen LogP) is 2.15. The summed E-state index contributed by atoms with van der Waals surface area (Å²) in [5.74, 6) is 0.998. The maximum atomic E-state index is 11.6. The molecule has 2 aliphatic rings. The molecular formula is C12H20O2. The molecule has 2 heteroatoms. The predicted molar refractivity (Wildman–Crippen MR) is 54.9 cm³/mol. The molecule has 0 radical (unpaired) electrons. The summed E-state index contributed by atoms with van der Waals surface area (Å²) in [7, 11) is 0. The summed E-state index contributed by atoms with van der Waals surface area (Å²) in [5, 5.41) is 10.1. The van der Waals surface area contributed by atoms with Crippen LogP contribution in [-0.2, 0) is 4.79 Å². The topological polar surface area (TPSA) is 37.3 Å². The third-order valence-electron chi connectivity index (χ3n) is 4.62. The fraction of sp³-hybridized carbons (Fsp3) is 0.917. The second-order valence-corrected chi connectivity index (χ2v) is 5.31. The molecule has 2 fully saturated rings. The van der Waals surface area contributed by atoms with Gasteiger partial charge in [0.25, 0.3) is 0 Å². The molecule has 2 nitrogen and oxygen atoms in total. The van der Waals surface area contributed by atoms with Crippen LogP contribution in [0.2, 0.25) is 0 Å². The standard InChI is InChI=1S/C12H20O2/c1-8-9-4-3-5-11(14)12(9,2)7-6-10(8)13/h8-9,11,14H,3-7H2,1-2H3. The van der Waals surface area contributed by atoms with E-state index < -0.39 is 0 Å². The van der Waals surface area contributed by atoms with Crippen LogP contribution < -0.4 is 0 Å². The lowest BCUT2D eigenvalue weighted by Gasteiger charge is -2.50. The first-order valence-electron chi connectivity index (χ1n) is 5.76. The quantitative estimate of drug-likeness (QED) is 0.644. The van der Waals surface area contributed by atoms with Gasteiger partial charge in [0.15, 0.2) is 0 Å². The molecule has 0 bridgehead atoms. The van der Waals surface area contributed by atoms with Crippen molar-refractivity contribution in [1.29, 1.82) is 0 Å². The lowest BCUT2D eigenvalue weighted by molar-refractivity contribution is -0.140. The van der Waals surface area contributed by atoms with Crippen molar-refractivity contribution < 1.29 is 9.90 Å². The Balaban J connectivity index is 2.25. The number of rotatable bonds is 0. The third-order valence-corrected chi connectivity index (χ3v) is 4.62. The van der Waals surface area contributed by atoms with Crippen molar-refractivity contribution in [2.75, 3.05) is 0 Å². The Morgan fingerprint density at radius 1 is 1.43 bits per heavy atom. The lowest BCUT2D eigenvalue weighted by Crippen LogP contribution is -2.50. The summed E-state index contributed by atoms with van der Waals surface area (Å²) < 4.78 is 0. The second kappa shape index (κ2) is 3.34. The first-order valence-corrected chi connectivity index (χ1v) is 5.76. The van der Waals surface area contributed by atoms with Gasteiger partial charge in [-0.25, -0.2) is 0 Å². The largest absolute Gasteiger partial charge is 0.393 e. The summed E-state index contributed by atoms with van der Waals surface area (Å²) in [6.07, 6.45) is 4.51. The number of carbonyl (C=O) groups excluding carboxylic acids is 1. The number of hydrogen-bond donors (Lipinski definition) is 1. The fourth-order valence-corrected chi connectivity index (χ4v) is 3.46. The maximum Gasteiger partial charge on any atom is 0.136 e. The summed E-state index contributed by atoms with van der Waals surface area (Å²) in [6, 6.07) is 0. The van der Waals surface area contributed by atoms with Crippen molar-refractivity contribution in [3.05, 3.63) is 0 Å². The van der Waals surface area contributed by atoms with Gasteiger partial charge in [-0.15, -0.1) is 0 Å². The van der Waals surface area contributed by atoms with Gasteiger partial charge in [-0.05, 0) is 30.6 Å². The number of fused-ring (bicyclic) bond motifs is 1. The monoisotopic (exact) mass is 196 g/mol. The van der Waals surface area contributed by atoms with Crippen molar-refractivity contribution in [3.63, 3.8) is 0 Å². The Bertz CT molecular complexity index is 249. The number of ketones is 1. The number of carbonyl (C=O) groups is 1. The van der Waals surface area contributed by atoms with Gasteiger partial charge in [0, 0.05) is 12.3 Å². The van der Waals surface area contributed by atoms with Gasteiger partial charge in [0.1, 0.15) is 5.78 Å². The summed E-state index contributed by atoms with van der Waals surface area (Å²) in [4.78, 5) is 11.6. The Hall–Kier alpha value is -0.370. The van der Waals surface area contributed by atoms with Crippen LogP contribution >= 0.6 is 0 Å². The zero-order chi connectivity index (χ0) is 10.3. The Kier molecular flexibility index (Phi) is 2.42. The number of aliphatic hydroxyl groups is 1. The van der Waals surface area contributed by atoms with E-state index in [0.29, 0.717) is 18.1 Å². The van der Waals surface area contributed by atoms with E-state index in [1.54, 1.807) is 0 Å². The molecule has 4 unspecified atom stereocenters. The minimum Gasteiger partial charge on any atom is -0.393 e. The van der Waals surface area contributed by atoms with Gasteiger partial charge in [-0.1, -0.05) is 20.3 Å². The van der Waals surface area contributed by atoms with E-state index in [1.807, 2.05) is 6.92 Å². The van der Waals surface area contributed by atoms with Gasteiger partial charge in [-0.3, -0.25) is 4.79 Å². The molecule has 0 amide bonds. The molecule has 0 aliphatic heterocycles. The molecule has 0 heterocycles. The van der Waals surface area contributed by atoms with Crippen LogP contribution in [0.5, 0.6) is 0 Å². The molecule has 0 aromatic carbocycles. The molecule has 2 rings (SSSR count). The minimum absolute atomic E-state index is 0.0194. The Morgan fingerprint density at radius 3 is 2.86 bits per heavy atom. The number of aliphatic hydroxyl groups excluding tert-OH is 1. The second-order valence-electron chi connectivity index (χ2n) is 5.31. The highest BCUT2D eigenvalue weighted by Crippen LogP contribution is 2.51. The SMILES string of the molecule is CC1C(=O)CCC2(C)C(O)CCCC12. The molecule has 0 saturated heterocycles. The zero-order valence-electron chi connectivity index (χ0n) is 9.12. The number of hydrogen-bond acceptors (Lipinski definition) is 2. The maximum absolute atomic E-state index is 11.6. The Morgan fingerprint density at radius 2 is 2.14 bits per heavy atom. The summed E-state index contributed by atoms with van der Waals surface area (Å²) in [6.45, 7) is 4.22. The van der Waals surface area contributed by atoms with Gasteiger partial charge < -0.3 is 5.11 Å². The highest BCUT2D eigenvalue weighted by Gasteiger charge is 2.49.